The molecule has 0 radical (unpaired) electrons. The Hall–Kier alpha value is -1.89. The third-order valence-electron chi connectivity index (χ3n) is 5.16. The summed E-state index contributed by atoms with van der Waals surface area (Å²) in [4.78, 5) is 26.6. The number of carbonyl (C=O) groups excluding carboxylic acids is 1. The van der Waals surface area contributed by atoms with Gasteiger partial charge >= 0.3 is 0 Å². The number of fused-ring (bicyclic) bond motifs is 4. The van der Waals surface area contributed by atoms with Crippen molar-refractivity contribution in [1.29, 1.82) is 0 Å². The molecule has 2 aliphatic heterocycles. The first kappa shape index (κ1) is 18.5. The Kier molecular flexibility index (Phi) is 4.97. The molecular formula is C19H17Cl2N3O2S. The lowest BCUT2D eigenvalue weighted by atomic mass is 9.83. The summed E-state index contributed by atoms with van der Waals surface area (Å²) in [6.45, 7) is 2.07. The zero-order valence-corrected chi connectivity index (χ0v) is 16.7. The number of nitrogens with zero attached hydrogens (tertiary/aromatic N) is 2. The Labute approximate surface area is 171 Å². The fraction of sp³-hybridized carbons (Fsp3) is 0.316. The SMILES string of the molecule is O=C(NC(=S)N1C[C@@H]2C[C@H](C1)c1cccc(=O)n1C2)c1ccc(Cl)cc1Cl. The maximum absolute atomic E-state index is 12.5. The molecule has 4 rings (SSSR count). The number of rotatable bonds is 1. The molecule has 5 nitrogen and oxygen atoms in total. The fourth-order valence-electron chi connectivity index (χ4n) is 3.98. The number of aromatic nitrogens is 1. The van der Waals surface area contributed by atoms with Gasteiger partial charge in [0.25, 0.3) is 11.5 Å². The minimum atomic E-state index is -0.353. The van der Waals surface area contributed by atoms with E-state index in [1.165, 1.54) is 6.07 Å². The second-order valence-corrected chi connectivity index (χ2v) is 8.22. The first-order valence-corrected chi connectivity index (χ1v) is 9.84. The topological polar surface area (TPSA) is 54.3 Å². The summed E-state index contributed by atoms with van der Waals surface area (Å²) in [7, 11) is 0. The molecular weight excluding hydrogens is 405 g/mol. The van der Waals surface area contributed by atoms with Gasteiger partial charge in [-0.1, -0.05) is 29.3 Å². The number of amides is 1. The molecule has 0 unspecified atom stereocenters. The molecule has 27 heavy (non-hydrogen) atoms. The van der Waals surface area contributed by atoms with Gasteiger partial charge in [0.2, 0.25) is 0 Å². The van der Waals surface area contributed by atoms with Crippen LogP contribution in [0, 0.1) is 5.92 Å². The molecule has 2 bridgehead atoms. The highest BCUT2D eigenvalue weighted by Gasteiger charge is 2.35. The molecule has 3 heterocycles. The van der Waals surface area contributed by atoms with Crippen molar-refractivity contribution in [2.45, 2.75) is 18.9 Å². The zero-order chi connectivity index (χ0) is 19.1. The number of piperidine rings is 1. The van der Waals surface area contributed by atoms with Crippen LogP contribution in [0.5, 0.6) is 0 Å². The highest BCUT2D eigenvalue weighted by molar-refractivity contribution is 7.80. The summed E-state index contributed by atoms with van der Waals surface area (Å²) in [6, 6.07) is 10.1. The van der Waals surface area contributed by atoms with Crippen LogP contribution < -0.4 is 10.9 Å². The Morgan fingerprint density at radius 3 is 2.74 bits per heavy atom. The highest BCUT2D eigenvalue weighted by atomic mass is 35.5. The zero-order valence-electron chi connectivity index (χ0n) is 14.3. The van der Waals surface area contributed by atoms with E-state index in [0.717, 1.165) is 12.1 Å². The molecule has 1 N–H and O–H groups in total. The summed E-state index contributed by atoms with van der Waals surface area (Å²) in [5.74, 6) is 0.194. The van der Waals surface area contributed by atoms with E-state index >= 15 is 0 Å². The minimum Gasteiger partial charge on any atom is -0.348 e. The molecule has 2 aromatic rings. The van der Waals surface area contributed by atoms with Crippen molar-refractivity contribution in [2.24, 2.45) is 5.92 Å². The number of hydrogen-bond acceptors (Lipinski definition) is 3. The summed E-state index contributed by atoms with van der Waals surface area (Å²) in [6.07, 6.45) is 1.03. The first-order valence-electron chi connectivity index (χ1n) is 8.67. The Balaban J connectivity index is 1.49. The number of pyridine rings is 1. The van der Waals surface area contributed by atoms with Crippen LogP contribution in [0.3, 0.4) is 0 Å². The number of benzene rings is 1. The number of halogens is 2. The van der Waals surface area contributed by atoms with Gasteiger partial charge in [0.05, 0.1) is 10.6 Å². The van der Waals surface area contributed by atoms with Gasteiger partial charge in [-0.25, -0.2) is 0 Å². The average Bonchev–Trinajstić information content (AvgIpc) is 2.62. The van der Waals surface area contributed by atoms with Gasteiger partial charge in [-0.2, -0.15) is 0 Å². The van der Waals surface area contributed by atoms with Crippen LogP contribution in [0.15, 0.2) is 41.2 Å². The van der Waals surface area contributed by atoms with Crippen molar-refractivity contribution in [3.63, 3.8) is 0 Å². The first-order chi connectivity index (χ1) is 12.9. The molecule has 0 aliphatic carbocycles. The van der Waals surface area contributed by atoms with Gasteiger partial charge < -0.3 is 9.47 Å². The summed E-state index contributed by atoms with van der Waals surface area (Å²) in [5, 5.41) is 3.91. The van der Waals surface area contributed by atoms with Gasteiger partial charge in [-0.05, 0) is 48.8 Å². The average molecular weight is 422 g/mol. The largest absolute Gasteiger partial charge is 0.348 e. The van der Waals surface area contributed by atoms with Crippen molar-refractivity contribution >= 4 is 46.4 Å². The van der Waals surface area contributed by atoms with Crippen molar-refractivity contribution in [3.05, 3.63) is 68.1 Å². The molecule has 1 aromatic carbocycles. The standard InChI is InChI=1S/C19H17Cl2N3O2S/c20-13-4-5-14(15(21)7-13)18(26)22-19(27)23-8-11-6-12(10-23)16-2-1-3-17(25)24(16)9-11/h1-5,7,11-12H,6,8-10H2,(H,22,26,27)/t11-,12+/m0/s1. The second-order valence-electron chi connectivity index (χ2n) is 6.99. The summed E-state index contributed by atoms with van der Waals surface area (Å²) < 4.78 is 1.87. The van der Waals surface area contributed by atoms with Crippen LogP contribution in [-0.4, -0.2) is 33.6 Å². The highest BCUT2D eigenvalue weighted by Crippen LogP contribution is 2.35. The smallest absolute Gasteiger partial charge is 0.258 e. The maximum atomic E-state index is 12.5. The molecule has 0 spiro atoms. The number of likely N-dealkylation sites (tertiary alicyclic amines) is 1. The van der Waals surface area contributed by atoms with E-state index in [4.69, 9.17) is 35.4 Å². The molecule has 1 saturated heterocycles. The van der Waals surface area contributed by atoms with Crippen LogP contribution in [-0.2, 0) is 6.54 Å². The summed E-state index contributed by atoms with van der Waals surface area (Å²) in [5.41, 5.74) is 1.42. The van der Waals surface area contributed by atoms with Gasteiger partial charge in [0, 0.05) is 42.3 Å². The Morgan fingerprint density at radius 2 is 1.96 bits per heavy atom. The molecule has 1 amide bonds. The fourth-order valence-corrected chi connectivity index (χ4v) is 4.72. The van der Waals surface area contributed by atoms with Gasteiger partial charge in [0.15, 0.2) is 5.11 Å². The van der Waals surface area contributed by atoms with Crippen molar-refractivity contribution in [3.8, 4) is 0 Å². The van der Waals surface area contributed by atoms with Crippen LogP contribution in [0.25, 0.3) is 0 Å². The van der Waals surface area contributed by atoms with Crippen LogP contribution >= 0.6 is 35.4 Å². The van der Waals surface area contributed by atoms with Crippen molar-refractivity contribution in [2.75, 3.05) is 13.1 Å². The van der Waals surface area contributed by atoms with E-state index in [0.29, 0.717) is 41.3 Å². The van der Waals surface area contributed by atoms with E-state index in [1.807, 2.05) is 15.5 Å². The van der Waals surface area contributed by atoms with Crippen LogP contribution in [0.2, 0.25) is 10.0 Å². The Morgan fingerprint density at radius 1 is 1.15 bits per heavy atom. The summed E-state index contributed by atoms with van der Waals surface area (Å²) >= 11 is 17.5. The third-order valence-corrected chi connectivity index (χ3v) is 6.07. The molecule has 140 valence electrons. The van der Waals surface area contributed by atoms with Crippen molar-refractivity contribution < 1.29 is 4.79 Å². The van der Waals surface area contributed by atoms with E-state index in [-0.39, 0.29) is 22.4 Å². The van der Waals surface area contributed by atoms with E-state index in [9.17, 15) is 9.59 Å². The predicted octanol–water partition coefficient (Wildman–Crippen LogP) is 3.29. The lowest BCUT2D eigenvalue weighted by molar-refractivity contribution is 0.0968. The van der Waals surface area contributed by atoms with E-state index in [2.05, 4.69) is 5.32 Å². The number of carbonyl (C=O) groups is 1. The molecule has 0 saturated carbocycles. The molecule has 2 atom stereocenters. The van der Waals surface area contributed by atoms with E-state index < -0.39 is 0 Å². The van der Waals surface area contributed by atoms with Gasteiger partial charge in [0.1, 0.15) is 0 Å². The van der Waals surface area contributed by atoms with E-state index in [1.54, 1.807) is 24.3 Å². The van der Waals surface area contributed by atoms with Crippen LogP contribution in [0.1, 0.15) is 28.4 Å². The van der Waals surface area contributed by atoms with Gasteiger partial charge in [-0.15, -0.1) is 0 Å². The lowest BCUT2D eigenvalue weighted by Crippen LogP contribution is -2.52. The second kappa shape index (κ2) is 7.26. The quantitative estimate of drug-likeness (QED) is 0.717. The number of nitrogens with one attached hydrogen (secondary N) is 1. The minimum absolute atomic E-state index is 0.0453. The lowest BCUT2D eigenvalue weighted by Gasteiger charge is -2.43. The predicted molar refractivity (Wildman–Crippen MR) is 110 cm³/mol. The van der Waals surface area contributed by atoms with Crippen molar-refractivity contribution in [1.82, 2.24) is 14.8 Å². The molecule has 8 heteroatoms. The molecule has 2 aliphatic rings. The number of thiocarbonyl (C=S) groups is 1. The van der Waals surface area contributed by atoms with Crippen LogP contribution in [0.4, 0.5) is 0 Å². The Bertz CT molecular complexity index is 991. The monoisotopic (exact) mass is 421 g/mol. The normalized spacial score (nSPS) is 20.7. The van der Waals surface area contributed by atoms with Gasteiger partial charge in [-0.3, -0.25) is 14.9 Å². The molecule has 1 fully saturated rings. The third kappa shape index (κ3) is 3.61. The maximum Gasteiger partial charge on any atom is 0.258 e. The number of hydrogen-bond donors (Lipinski definition) is 1. The molecule has 1 aromatic heterocycles.